The van der Waals surface area contributed by atoms with Crippen LogP contribution in [0, 0.1) is 0 Å². The van der Waals surface area contributed by atoms with Crippen molar-refractivity contribution >= 4 is 23.3 Å². The number of aryl methyl sites for hydroxylation is 1. The fraction of sp³-hybridized carbons (Fsp3) is 0.143. The first-order chi connectivity index (χ1) is 8.75. The zero-order chi connectivity index (χ0) is 12.8. The monoisotopic (exact) mass is 260 g/mol. The molecule has 3 nitrogen and oxygen atoms in total. The lowest BCUT2D eigenvalue weighted by atomic mass is 10.1. The second-order valence-corrected chi connectivity index (χ2v) is 4.27. The smallest absolute Gasteiger partial charge is 0.225 e. The molecule has 0 atom stereocenters. The molecule has 1 heterocycles. The van der Waals surface area contributed by atoms with Gasteiger partial charge >= 0.3 is 0 Å². The number of rotatable bonds is 4. The van der Waals surface area contributed by atoms with E-state index in [1.807, 2.05) is 30.3 Å². The lowest BCUT2D eigenvalue weighted by Gasteiger charge is -2.05. The van der Waals surface area contributed by atoms with E-state index in [9.17, 15) is 4.79 Å². The fourth-order valence-electron chi connectivity index (χ4n) is 1.57. The van der Waals surface area contributed by atoms with Gasteiger partial charge in [0, 0.05) is 12.6 Å². The molecular weight excluding hydrogens is 248 g/mol. The first-order valence-electron chi connectivity index (χ1n) is 5.70. The predicted octanol–water partition coefficient (Wildman–Crippen LogP) is 3.31. The lowest BCUT2D eigenvalue weighted by molar-refractivity contribution is -0.116. The van der Waals surface area contributed by atoms with E-state index in [1.54, 1.807) is 18.3 Å². The molecule has 92 valence electrons. The van der Waals surface area contributed by atoms with Crippen LogP contribution in [-0.4, -0.2) is 10.9 Å². The highest BCUT2D eigenvalue weighted by Gasteiger charge is 2.06. The average molecular weight is 261 g/mol. The van der Waals surface area contributed by atoms with E-state index in [2.05, 4.69) is 10.3 Å². The molecule has 2 aromatic rings. The summed E-state index contributed by atoms with van der Waals surface area (Å²) in [6.45, 7) is 0. The van der Waals surface area contributed by atoms with Crippen molar-refractivity contribution in [3.05, 3.63) is 59.2 Å². The standard InChI is InChI=1S/C14H13ClN2O/c15-12-7-4-10-16-14(12)17-13(18)9-8-11-5-2-1-3-6-11/h1-7,10H,8-9H2,(H,16,17,18). The van der Waals surface area contributed by atoms with Crippen LogP contribution < -0.4 is 5.32 Å². The number of nitrogens with zero attached hydrogens (tertiary/aromatic N) is 1. The first kappa shape index (κ1) is 12.6. The summed E-state index contributed by atoms with van der Waals surface area (Å²) >= 11 is 5.91. The number of carbonyl (C=O) groups is 1. The van der Waals surface area contributed by atoms with Crippen LogP contribution in [0.4, 0.5) is 5.82 Å². The van der Waals surface area contributed by atoms with Gasteiger partial charge in [0.25, 0.3) is 0 Å². The van der Waals surface area contributed by atoms with Gasteiger partial charge in [-0.3, -0.25) is 4.79 Å². The third-order valence-corrected chi connectivity index (χ3v) is 2.80. The number of hydrogen-bond donors (Lipinski definition) is 1. The Kier molecular flexibility index (Phi) is 4.31. The van der Waals surface area contributed by atoms with Gasteiger partial charge in [-0.05, 0) is 24.1 Å². The first-order valence-corrected chi connectivity index (χ1v) is 6.08. The van der Waals surface area contributed by atoms with Gasteiger partial charge < -0.3 is 5.32 Å². The Balaban J connectivity index is 1.88. The van der Waals surface area contributed by atoms with Crippen LogP contribution in [0.5, 0.6) is 0 Å². The van der Waals surface area contributed by atoms with Crippen molar-refractivity contribution in [2.75, 3.05) is 5.32 Å². The van der Waals surface area contributed by atoms with Gasteiger partial charge in [0.2, 0.25) is 5.91 Å². The van der Waals surface area contributed by atoms with Gasteiger partial charge in [0.1, 0.15) is 0 Å². The van der Waals surface area contributed by atoms with Gasteiger partial charge in [0.05, 0.1) is 5.02 Å². The summed E-state index contributed by atoms with van der Waals surface area (Å²) in [4.78, 5) is 15.7. The quantitative estimate of drug-likeness (QED) is 0.916. The minimum Gasteiger partial charge on any atom is -0.309 e. The minimum atomic E-state index is -0.0838. The van der Waals surface area contributed by atoms with Gasteiger partial charge in [-0.15, -0.1) is 0 Å². The van der Waals surface area contributed by atoms with E-state index in [0.29, 0.717) is 23.7 Å². The van der Waals surface area contributed by atoms with Crippen molar-refractivity contribution in [2.24, 2.45) is 0 Å². The molecule has 0 aliphatic carbocycles. The molecule has 0 aliphatic heterocycles. The van der Waals surface area contributed by atoms with Crippen LogP contribution in [-0.2, 0) is 11.2 Å². The van der Waals surface area contributed by atoms with Gasteiger partial charge in [-0.1, -0.05) is 41.9 Å². The number of aromatic nitrogens is 1. The summed E-state index contributed by atoms with van der Waals surface area (Å²) in [5.41, 5.74) is 1.14. The van der Waals surface area contributed by atoms with E-state index < -0.39 is 0 Å². The van der Waals surface area contributed by atoms with E-state index in [-0.39, 0.29) is 5.91 Å². The molecule has 0 bridgehead atoms. The van der Waals surface area contributed by atoms with E-state index in [4.69, 9.17) is 11.6 Å². The Hall–Kier alpha value is -1.87. The number of hydrogen-bond acceptors (Lipinski definition) is 2. The number of pyridine rings is 1. The summed E-state index contributed by atoms with van der Waals surface area (Å²) in [6.07, 6.45) is 2.72. The van der Waals surface area contributed by atoms with Crippen LogP contribution >= 0.6 is 11.6 Å². The third-order valence-electron chi connectivity index (χ3n) is 2.50. The number of carbonyl (C=O) groups excluding carboxylic acids is 1. The molecule has 18 heavy (non-hydrogen) atoms. The molecule has 0 aliphatic rings. The average Bonchev–Trinajstić information content (AvgIpc) is 2.40. The van der Waals surface area contributed by atoms with Crippen LogP contribution in [0.1, 0.15) is 12.0 Å². The maximum atomic E-state index is 11.7. The Labute approximate surface area is 111 Å². The summed E-state index contributed by atoms with van der Waals surface area (Å²) in [5, 5.41) is 3.15. The van der Waals surface area contributed by atoms with Gasteiger partial charge in [-0.2, -0.15) is 0 Å². The van der Waals surface area contributed by atoms with Gasteiger partial charge in [-0.25, -0.2) is 4.98 Å². The highest BCUT2D eigenvalue weighted by molar-refractivity contribution is 6.33. The number of anilines is 1. The molecule has 0 unspecified atom stereocenters. The summed E-state index contributed by atoms with van der Waals surface area (Å²) in [5.74, 6) is 0.330. The molecule has 0 saturated heterocycles. The summed E-state index contributed by atoms with van der Waals surface area (Å²) in [7, 11) is 0. The van der Waals surface area contributed by atoms with E-state index in [0.717, 1.165) is 5.56 Å². The molecule has 0 spiro atoms. The highest BCUT2D eigenvalue weighted by atomic mass is 35.5. The van der Waals surface area contributed by atoms with Crippen molar-refractivity contribution in [1.82, 2.24) is 4.98 Å². The number of nitrogens with one attached hydrogen (secondary N) is 1. The molecule has 0 fully saturated rings. The largest absolute Gasteiger partial charge is 0.309 e. The van der Waals surface area contributed by atoms with Crippen molar-refractivity contribution in [3.8, 4) is 0 Å². The number of benzene rings is 1. The van der Waals surface area contributed by atoms with Crippen molar-refractivity contribution in [1.29, 1.82) is 0 Å². The second-order valence-electron chi connectivity index (χ2n) is 3.87. The summed E-state index contributed by atoms with van der Waals surface area (Å²) < 4.78 is 0. The molecular formula is C14H13ClN2O. The third kappa shape index (κ3) is 3.57. The van der Waals surface area contributed by atoms with Crippen molar-refractivity contribution < 1.29 is 4.79 Å². The van der Waals surface area contributed by atoms with E-state index in [1.165, 1.54) is 0 Å². The van der Waals surface area contributed by atoms with Crippen LogP contribution in [0.3, 0.4) is 0 Å². The molecule has 0 saturated carbocycles. The second kappa shape index (κ2) is 6.17. The maximum absolute atomic E-state index is 11.7. The molecule has 1 N–H and O–H groups in total. The van der Waals surface area contributed by atoms with Crippen LogP contribution in [0.25, 0.3) is 0 Å². The Morgan fingerprint density at radius 3 is 2.67 bits per heavy atom. The van der Waals surface area contributed by atoms with Gasteiger partial charge in [0.15, 0.2) is 5.82 Å². The number of amides is 1. The van der Waals surface area contributed by atoms with Crippen LogP contribution in [0.15, 0.2) is 48.7 Å². The molecule has 0 radical (unpaired) electrons. The molecule has 4 heteroatoms. The van der Waals surface area contributed by atoms with Crippen molar-refractivity contribution in [3.63, 3.8) is 0 Å². The summed E-state index contributed by atoms with van der Waals surface area (Å²) in [6, 6.07) is 13.3. The molecule has 2 rings (SSSR count). The molecule has 1 amide bonds. The Morgan fingerprint density at radius 1 is 1.17 bits per heavy atom. The maximum Gasteiger partial charge on any atom is 0.225 e. The Bertz CT molecular complexity index is 528. The number of halogens is 1. The van der Waals surface area contributed by atoms with E-state index >= 15 is 0 Å². The molecule has 1 aromatic heterocycles. The minimum absolute atomic E-state index is 0.0838. The van der Waals surface area contributed by atoms with Crippen molar-refractivity contribution in [2.45, 2.75) is 12.8 Å². The normalized spacial score (nSPS) is 10.1. The lowest BCUT2D eigenvalue weighted by Crippen LogP contribution is -2.13. The topological polar surface area (TPSA) is 42.0 Å². The zero-order valence-corrected chi connectivity index (χ0v) is 10.5. The Morgan fingerprint density at radius 2 is 1.94 bits per heavy atom. The zero-order valence-electron chi connectivity index (χ0n) is 9.77. The predicted molar refractivity (Wildman–Crippen MR) is 72.6 cm³/mol. The SMILES string of the molecule is O=C(CCc1ccccc1)Nc1ncccc1Cl. The highest BCUT2D eigenvalue weighted by Crippen LogP contribution is 2.17. The fourth-order valence-corrected chi connectivity index (χ4v) is 1.74. The molecule has 1 aromatic carbocycles. The van der Waals surface area contributed by atoms with Crippen LogP contribution in [0.2, 0.25) is 5.02 Å².